The average molecular weight is 317 g/mol. The summed E-state index contributed by atoms with van der Waals surface area (Å²) >= 11 is 0. The van der Waals surface area contributed by atoms with Crippen molar-refractivity contribution in [2.45, 2.75) is 0 Å². The standard InChI is InChI=1S/C12H19N3O5S/c1-19-8-6-9(11(13)10(7-8)20-2)12(16)14-4-5-15-21(3,17)18/h6-7,15H,4-5,13H2,1-3H3,(H,14,16). The van der Waals surface area contributed by atoms with E-state index in [1.165, 1.54) is 20.3 Å². The molecule has 8 nitrogen and oxygen atoms in total. The average Bonchev–Trinajstić information content (AvgIpc) is 2.42. The minimum Gasteiger partial charge on any atom is -0.497 e. The first kappa shape index (κ1) is 17.1. The largest absolute Gasteiger partial charge is 0.497 e. The molecule has 0 unspecified atom stereocenters. The number of carbonyl (C=O) groups is 1. The highest BCUT2D eigenvalue weighted by Gasteiger charge is 2.15. The maximum Gasteiger partial charge on any atom is 0.253 e. The lowest BCUT2D eigenvalue weighted by Gasteiger charge is -2.13. The van der Waals surface area contributed by atoms with Gasteiger partial charge in [-0.3, -0.25) is 4.79 Å². The zero-order chi connectivity index (χ0) is 16.0. The van der Waals surface area contributed by atoms with E-state index in [1.807, 2.05) is 0 Å². The second-order valence-electron chi connectivity index (χ2n) is 4.21. The Bertz CT molecular complexity index is 616. The monoisotopic (exact) mass is 317 g/mol. The Labute approximate surface area is 123 Å². The predicted octanol–water partition coefficient (Wildman–Crippen LogP) is -0.435. The third-order valence-electron chi connectivity index (χ3n) is 2.59. The van der Waals surface area contributed by atoms with Crippen molar-refractivity contribution in [3.05, 3.63) is 17.7 Å². The summed E-state index contributed by atoms with van der Waals surface area (Å²) in [6, 6.07) is 3.05. The second kappa shape index (κ2) is 7.14. The fourth-order valence-electron chi connectivity index (χ4n) is 1.58. The van der Waals surface area contributed by atoms with E-state index in [4.69, 9.17) is 15.2 Å². The van der Waals surface area contributed by atoms with E-state index in [1.54, 1.807) is 6.07 Å². The summed E-state index contributed by atoms with van der Waals surface area (Å²) in [5.41, 5.74) is 6.23. The van der Waals surface area contributed by atoms with Crippen LogP contribution < -0.4 is 25.2 Å². The molecule has 1 amide bonds. The highest BCUT2D eigenvalue weighted by atomic mass is 32.2. The third kappa shape index (κ3) is 5.12. The molecular weight excluding hydrogens is 298 g/mol. The summed E-state index contributed by atoms with van der Waals surface area (Å²) in [6.07, 6.45) is 1.04. The quantitative estimate of drug-likeness (QED) is 0.463. The van der Waals surface area contributed by atoms with Gasteiger partial charge in [0.15, 0.2) is 0 Å². The number of nitrogens with one attached hydrogen (secondary N) is 2. The van der Waals surface area contributed by atoms with Crippen LogP contribution in [0.1, 0.15) is 10.4 Å². The van der Waals surface area contributed by atoms with Crippen molar-refractivity contribution >= 4 is 21.6 Å². The van der Waals surface area contributed by atoms with E-state index in [-0.39, 0.29) is 24.3 Å². The number of ether oxygens (including phenoxy) is 2. The van der Waals surface area contributed by atoms with Crippen LogP contribution >= 0.6 is 0 Å². The molecule has 0 aromatic heterocycles. The Morgan fingerprint density at radius 2 is 1.90 bits per heavy atom. The van der Waals surface area contributed by atoms with Crippen LogP contribution in [0.25, 0.3) is 0 Å². The molecule has 0 aliphatic rings. The van der Waals surface area contributed by atoms with Crippen molar-refractivity contribution in [2.75, 3.05) is 39.3 Å². The van der Waals surface area contributed by atoms with E-state index in [9.17, 15) is 13.2 Å². The lowest BCUT2D eigenvalue weighted by Crippen LogP contribution is -2.34. The van der Waals surface area contributed by atoms with Crippen molar-refractivity contribution < 1.29 is 22.7 Å². The number of nitrogens with two attached hydrogens (primary N) is 1. The van der Waals surface area contributed by atoms with Crippen molar-refractivity contribution in [2.24, 2.45) is 0 Å². The minimum atomic E-state index is -3.28. The van der Waals surface area contributed by atoms with Gasteiger partial charge >= 0.3 is 0 Å². The van der Waals surface area contributed by atoms with Gasteiger partial charge in [0.25, 0.3) is 5.91 Å². The molecule has 0 atom stereocenters. The molecular formula is C12H19N3O5S. The molecule has 0 radical (unpaired) electrons. The minimum absolute atomic E-state index is 0.0889. The van der Waals surface area contributed by atoms with Crippen LogP contribution in [0.4, 0.5) is 5.69 Å². The van der Waals surface area contributed by atoms with Gasteiger partial charge in [0.05, 0.1) is 31.7 Å². The summed E-state index contributed by atoms with van der Waals surface area (Å²) in [7, 11) is -0.388. The number of anilines is 1. The van der Waals surface area contributed by atoms with Crippen molar-refractivity contribution in [1.29, 1.82) is 0 Å². The fraction of sp³-hybridized carbons (Fsp3) is 0.417. The Hall–Kier alpha value is -2.00. The number of nitrogen functional groups attached to an aromatic ring is 1. The fourth-order valence-corrected chi connectivity index (χ4v) is 2.06. The molecule has 0 aliphatic carbocycles. The maximum atomic E-state index is 12.0. The second-order valence-corrected chi connectivity index (χ2v) is 6.05. The molecule has 1 rings (SSSR count). The molecule has 0 saturated carbocycles. The summed E-state index contributed by atoms with van der Waals surface area (Å²) in [5.74, 6) is 0.314. The van der Waals surface area contributed by atoms with Gasteiger partial charge in [-0.25, -0.2) is 13.1 Å². The Balaban J connectivity index is 2.78. The molecule has 0 heterocycles. The Morgan fingerprint density at radius 1 is 1.24 bits per heavy atom. The predicted molar refractivity (Wildman–Crippen MR) is 79.1 cm³/mol. The van der Waals surface area contributed by atoms with Gasteiger partial charge in [-0.2, -0.15) is 0 Å². The first-order chi connectivity index (χ1) is 9.78. The smallest absolute Gasteiger partial charge is 0.253 e. The van der Waals surface area contributed by atoms with E-state index < -0.39 is 15.9 Å². The summed E-state index contributed by atoms with van der Waals surface area (Å²) in [5, 5.41) is 2.56. The number of benzene rings is 1. The molecule has 0 bridgehead atoms. The normalized spacial score (nSPS) is 11.0. The number of sulfonamides is 1. The number of methoxy groups -OCH3 is 2. The number of hydrogen-bond acceptors (Lipinski definition) is 6. The van der Waals surface area contributed by atoms with Gasteiger partial charge in [0, 0.05) is 19.2 Å². The molecule has 0 aliphatic heterocycles. The zero-order valence-corrected chi connectivity index (χ0v) is 12.9. The van der Waals surface area contributed by atoms with Crippen LogP contribution in [0.15, 0.2) is 12.1 Å². The van der Waals surface area contributed by atoms with Gasteiger partial charge in [0.1, 0.15) is 11.5 Å². The van der Waals surface area contributed by atoms with E-state index in [2.05, 4.69) is 10.0 Å². The number of hydrogen-bond donors (Lipinski definition) is 3. The van der Waals surface area contributed by atoms with Crippen LogP contribution in [0.3, 0.4) is 0 Å². The van der Waals surface area contributed by atoms with E-state index >= 15 is 0 Å². The topological polar surface area (TPSA) is 120 Å². The van der Waals surface area contributed by atoms with E-state index in [0.29, 0.717) is 11.5 Å². The van der Waals surface area contributed by atoms with Gasteiger partial charge in [-0.05, 0) is 6.07 Å². The van der Waals surface area contributed by atoms with Crippen LogP contribution in [-0.4, -0.2) is 47.9 Å². The SMILES string of the molecule is COc1cc(OC)c(N)c(C(=O)NCCNS(C)(=O)=O)c1. The number of amides is 1. The molecule has 4 N–H and O–H groups in total. The van der Waals surface area contributed by atoms with Crippen LogP contribution in [0.2, 0.25) is 0 Å². The van der Waals surface area contributed by atoms with Gasteiger partial charge in [-0.1, -0.05) is 0 Å². The number of carbonyl (C=O) groups excluding carboxylic acids is 1. The van der Waals surface area contributed by atoms with Crippen LogP contribution in [0.5, 0.6) is 11.5 Å². The molecule has 118 valence electrons. The molecule has 0 fully saturated rings. The van der Waals surface area contributed by atoms with Gasteiger partial charge in [0.2, 0.25) is 10.0 Å². The lowest BCUT2D eigenvalue weighted by atomic mass is 10.1. The first-order valence-electron chi connectivity index (χ1n) is 6.03. The molecule has 1 aromatic rings. The first-order valence-corrected chi connectivity index (χ1v) is 7.92. The van der Waals surface area contributed by atoms with Crippen LogP contribution in [0, 0.1) is 0 Å². The molecule has 21 heavy (non-hydrogen) atoms. The molecule has 9 heteroatoms. The Kier molecular flexibility index (Phi) is 5.79. The zero-order valence-electron chi connectivity index (χ0n) is 12.1. The third-order valence-corrected chi connectivity index (χ3v) is 3.32. The van der Waals surface area contributed by atoms with Gasteiger partial charge < -0.3 is 20.5 Å². The summed E-state index contributed by atoms with van der Waals surface area (Å²) < 4.78 is 34.2. The van der Waals surface area contributed by atoms with Gasteiger partial charge in [-0.15, -0.1) is 0 Å². The highest BCUT2D eigenvalue weighted by Crippen LogP contribution is 2.30. The molecule has 1 aromatic carbocycles. The van der Waals surface area contributed by atoms with Crippen LogP contribution in [-0.2, 0) is 10.0 Å². The van der Waals surface area contributed by atoms with Crippen molar-refractivity contribution in [3.63, 3.8) is 0 Å². The highest BCUT2D eigenvalue weighted by molar-refractivity contribution is 7.88. The lowest BCUT2D eigenvalue weighted by molar-refractivity contribution is 0.0954. The maximum absolute atomic E-state index is 12.0. The molecule has 0 saturated heterocycles. The van der Waals surface area contributed by atoms with Crippen molar-refractivity contribution in [1.82, 2.24) is 10.0 Å². The molecule has 0 spiro atoms. The summed E-state index contributed by atoms with van der Waals surface area (Å²) in [4.78, 5) is 12.0. The van der Waals surface area contributed by atoms with E-state index in [0.717, 1.165) is 6.26 Å². The number of rotatable bonds is 7. The van der Waals surface area contributed by atoms with Crippen molar-refractivity contribution in [3.8, 4) is 11.5 Å². The Morgan fingerprint density at radius 3 is 2.43 bits per heavy atom. The summed E-state index contributed by atoms with van der Waals surface area (Å²) in [6.45, 7) is 0.219.